The third-order valence-corrected chi connectivity index (χ3v) is 3.23. The average molecular weight is 316 g/mol. The first-order chi connectivity index (χ1) is 8.27. The van der Waals surface area contributed by atoms with Crippen LogP contribution in [0.3, 0.4) is 0 Å². The number of halogens is 1. The number of rotatable bonds is 4. The number of carbonyl (C=O) groups excluding carboxylic acids is 1. The van der Waals surface area contributed by atoms with Crippen LogP contribution in [0.2, 0.25) is 0 Å². The van der Waals surface area contributed by atoms with Gasteiger partial charge in [-0.05, 0) is 35.8 Å². The second kappa shape index (κ2) is 5.45. The van der Waals surface area contributed by atoms with Crippen molar-refractivity contribution in [3.63, 3.8) is 0 Å². The minimum absolute atomic E-state index is 0.0842. The highest BCUT2D eigenvalue weighted by Crippen LogP contribution is 2.28. The summed E-state index contributed by atoms with van der Waals surface area (Å²) < 4.78 is 0.578. The highest BCUT2D eigenvalue weighted by Gasteiger charge is 2.26. The molecule has 6 nitrogen and oxygen atoms in total. The summed E-state index contributed by atoms with van der Waals surface area (Å²) in [6.07, 6.45) is 0. The van der Waals surface area contributed by atoms with Crippen LogP contribution in [-0.2, 0) is 4.79 Å². The summed E-state index contributed by atoms with van der Waals surface area (Å²) in [6.45, 7) is 3.59. The van der Waals surface area contributed by atoms with E-state index in [9.17, 15) is 14.9 Å². The van der Waals surface area contributed by atoms with Gasteiger partial charge >= 0.3 is 0 Å². The lowest BCUT2D eigenvalue weighted by atomic mass is 9.92. The fourth-order valence-corrected chi connectivity index (χ4v) is 1.45. The van der Waals surface area contributed by atoms with Crippen LogP contribution in [0.1, 0.15) is 13.8 Å². The van der Waals surface area contributed by atoms with E-state index in [1.165, 1.54) is 18.2 Å². The quantitative estimate of drug-likeness (QED) is 0.657. The monoisotopic (exact) mass is 315 g/mol. The zero-order chi connectivity index (χ0) is 13.9. The topological polar surface area (TPSA) is 98.3 Å². The molecule has 0 heterocycles. The lowest BCUT2D eigenvalue weighted by Gasteiger charge is -2.21. The van der Waals surface area contributed by atoms with Crippen molar-refractivity contribution in [2.45, 2.75) is 13.8 Å². The Hall–Kier alpha value is -1.47. The van der Waals surface area contributed by atoms with Crippen molar-refractivity contribution in [2.75, 3.05) is 11.9 Å². The molecule has 0 bridgehead atoms. The van der Waals surface area contributed by atoms with Crippen molar-refractivity contribution in [3.8, 4) is 0 Å². The molecule has 0 aliphatic heterocycles. The second-order valence-corrected chi connectivity index (χ2v) is 5.32. The minimum Gasteiger partial charge on any atom is -0.329 e. The largest absolute Gasteiger partial charge is 0.329 e. The zero-order valence-electron chi connectivity index (χ0n) is 10.1. The average Bonchev–Trinajstić information content (AvgIpc) is 2.31. The van der Waals surface area contributed by atoms with Crippen LogP contribution >= 0.6 is 15.9 Å². The Labute approximate surface area is 113 Å². The molecule has 3 N–H and O–H groups in total. The molecule has 0 spiro atoms. The van der Waals surface area contributed by atoms with Gasteiger partial charge in [-0.3, -0.25) is 14.9 Å². The van der Waals surface area contributed by atoms with E-state index in [-0.39, 0.29) is 18.1 Å². The number of nitrogens with two attached hydrogens (primary N) is 1. The molecule has 0 aromatic heterocycles. The molecule has 1 rings (SSSR count). The normalized spacial score (nSPS) is 11.1. The third-order valence-electron chi connectivity index (χ3n) is 2.53. The van der Waals surface area contributed by atoms with E-state index in [4.69, 9.17) is 5.73 Å². The molecule has 0 fully saturated rings. The summed E-state index contributed by atoms with van der Waals surface area (Å²) in [5.74, 6) is -0.286. The van der Waals surface area contributed by atoms with Crippen molar-refractivity contribution >= 4 is 33.2 Å². The number of nitro benzene ring substituents is 1. The smallest absolute Gasteiger partial charge is 0.271 e. The number of hydrogen-bond acceptors (Lipinski definition) is 4. The summed E-state index contributed by atoms with van der Waals surface area (Å²) in [5.41, 5.74) is 5.04. The van der Waals surface area contributed by atoms with Gasteiger partial charge < -0.3 is 11.1 Å². The maximum atomic E-state index is 11.9. The molecule has 0 aliphatic rings. The van der Waals surface area contributed by atoms with Crippen LogP contribution in [-0.4, -0.2) is 17.4 Å². The number of carbonyl (C=O) groups is 1. The molecule has 7 heteroatoms. The molecule has 1 amide bonds. The molecule has 0 saturated heterocycles. The molecular weight excluding hydrogens is 302 g/mol. The number of hydrogen-bond donors (Lipinski definition) is 2. The molecule has 1 aromatic carbocycles. The highest BCUT2D eigenvalue weighted by atomic mass is 79.9. The zero-order valence-corrected chi connectivity index (χ0v) is 11.7. The number of nitrogens with zero attached hydrogens (tertiary/aromatic N) is 1. The Morgan fingerprint density at radius 1 is 1.56 bits per heavy atom. The van der Waals surface area contributed by atoms with Crippen LogP contribution in [0.15, 0.2) is 22.7 Å². The molecule has 0 radical (unpaired) electrons. The van der Waals surface area contributed by atoms with Gasteiger partial charge in [-0.15, -0.1) is 0 Å². The number of nitrogens with one attached hydrogen (secondary N) is 1. The Kier molecular flexibility index (Phi) is 4.42. The standard InChI is InChI=1S/C11H14BrN3O3/c1-11(2,6-13)10(16)14-9-5-7(15(17)18)3-4-8(9)12/h3-5H,6,13H2,1-2H3,(H,14,16). The summed E-state index contributed by atoms with van der Waals surface area (Å²) in [7, 11) is 0. The van der Waals surface area contributed by atoms with Crippen LogP contribution in [0, 0.1) is 15.5 Å². The fourth-order valence-electron chi connectivity index (χ4n) is 1.11. The summed E-state index contributed by atoms with van der Waals surface area (Å²) >= 11 is 3.23. The van der Waals surface area contributed by atoms with E-state index < -0.39 is 10.3 Å². The highest BCUT2D eigenvalue weighted by molar-refractivity contribution is 9.10. The van der Waals surface area contributed by atoms with Crippen molar-refractivity contribution < 1.29 is 9.72 Å². The summed E-state index contributed by atoms with van der Waals surface area (Å²) in [5, 5.41) is 13.3. The van der Waals surface area contributed by atoms with Gasteiger partial charge in [0, 0.05) is 23.2 Å². The number of nitro groups is 1. The van der Waals surface area contributed by atoms with Gasteiger partial charge in [0.25, 0.3) is 5.69 Å². The van der Waals surface area contributed by atoms with Crippen molar-refractivity contribution in [1.82, 2.24) is 0 Å². The third kappa shape index (κ3) is 3.27. The molecule has 0 saturated carbocycles. The number of amides is 1. The van der Waals surface area contributed by atoms with Gasteiger partial charge in [-0.1, -0.05) is 0 Å². The Bertz CT molecular complexity index is 488. The predicted molar refractivity (Wildman–Crippen MR) is 72.3 cm³/mol. The van der Waals surface area contributed by atoms with E-state index in [0.717, 1.165) is 0 Å². The first-order valence-electron chi connectivity index (χ1n) is 5.23. The summed E-state index contributed by atoms with van der Waals surface area (Å²) in [4.78, 5) is 22.1. The van der Waals surface area contributed by atoms with Gasteiger partial charge in [0.1, 0.15) is 0 Å². The van der Waals surface area contributed by atoms with Crippen LogP contribution in [0.25, 0.3) is 0 Å². The molecule has 18 heavy (non-hydrogen) atoms. The maximum absolute atomic E-state index is 11.9. The Morgan fingerprint density at radius 3 is 2.67 bits per heavy atom. The van der Waals surface area contributed by atoms with Gasteiger partial charge in [-0.2, -0.15) is 0 Å². The SMILES string of the molecule is CC(C)(CN)C(=O)Nc1cc([N+](=O)[O-])ccc1Br. The molecular formula is C11H14BrN3O3. The second-order valence-electron chi connectivity index (χ2n) is 4.46. The fraction of sp³-hybridized carbons (Fsp3) is 0.364. The van der Waals surface area contributed by atoms with E-state index in [0.29, 0.717) is 10.2 Å². The summed E-state index contributed by atoms with van der Waals surface area (Å²) in [6, 6.07) is 4.17. The molecule has 98 valence electrons. The van der Waals surface area contributed by atoms with Gasteiger partial charge in [0.05, 0.1) is 16.0 Å². The van der Waals surface area contributed by atoms with Gasteiger partial charge in [0.2, 0.25) is 5.91 Å². The minimum atomic E-state index is -0.732. The molecule has 1 aromatic rings. The molecule has 0 atom stereocenters. The molecule has 0 unspecified atom stereocenters. The lowest BCUT2D eigenvalue weighted by Crippen LogP contribution is -2.37. The van der Waals surface area contributed by atoms with E-state index in [2.05, 4.69) is 21.2 Å². The van der Waals surface area contributed by atoms with E-state index in [1.807, 2.05) is 0 Å². The van der Waals surface area contributed by atoms with Crippen molar-refractivity contribution in [2.24, 2.45) is 11.1 Å². The van der Waals surface area contributed by atoms with E-state index in [1.54, 1.807) is 13.8 Å². The molecule has 0 aliphatic carbocycles. The number of non-ortho nitro benzene ring substituents is 1. The first kappa shape index (κ1) is 14.6. The predicted octanol–water partition coefficient (Wildman–Crippen LogP) is 2.28. The number of benzene rings is 1. The first-order valence-corrected chi connectivity index (χ1v) is 6.02. The maximum Gasteiger partial charge on any atom is 0.271 e. The van der Waals surface area contributed by atoms with Crippen LogP contribution < -0.4 is 11.1 Å². The lowest BCUT2D eigenvalue weighted by molar-refractivity contribution is -0.384. The van der Waals surface area contributed by atoms with Gasteiger partial charge in [-0.25, -0.2) is 0 Å². The Morgan fingerprint density at radius 2 is 2.17 bits per heavy atom. The Balaban J connectivity index is 3.01. The van der Waals surface area contributed by atoms with Crippen LogP contribution in [0.4, 0.5) is 11.4 Å². The van der Waals surface area contributed by atoms with Crippen molar-refractivity contribution in [1.29, 1.82) is 0 Å². The van der Waals surface area contributed by atoms with Gasteiger partial charge in [0.15, 0.2) is 0 Å². The van der Waals surface area contributed by atoms with E-state index >= 15 is 0 Å². The number of anilines is 1. The van der Waals surface area contributed by atoms with Crippen LogP contribution in [0.5, 0.6) is 0 Å². The van der Waals surface area contributed by atoms with Crippen molar-refractivity contribution in [3.05, 3.63) is 32.8 Å².